The summed E-state index contributed by atoms with van der Waals surface area (Å²) in [5.74, 6) is 0. The molecule has 0 bridgehead atoms. The molecule has 2 heteroatoms. The van der Waals surface area contributed by atoms with E-state index < -0.39 is 0 Å². The van der Waals surface area contributed by atoms with Gasteiger partial charge < -0.3 is 10.0 Å². The van der Waals surface area contributed by atoms with Gasteiger partial charge >= 0.3 is 0 Å². The van der Waals surface area contributed by atoms with Crippen molar-refractivity contribution in [2.24, 2.45) is 0 Å². The Hall–Kier alpha value is -0.500. The zero-order valence-electron chi connectivity index (χ0n) is 7.76. The van der Waals surface area contributed by atoms with Crippen molar-refractivity contribution in [3.05, 3.63) is 11.8 Å². The van der Waals surface area contributed by atoms with E-state index in [0.29, 0.717) is 0 Å². The average Bonchev–Trinajstić information content (AvgIpc) is 1.81. The lowest BCUT2D eigenvalue weighted by Crippen LogP contribution is -2.56. The molecule has 0 aromatic heterocycles. The maximum Gasteiger partial charge on any atom is 0.111 e. The Morgan fingerprint density at radius 1 is 1.55 bits per heavy atom. The van der Waals surface area contributed by atoms with Crippen molar-refractivity contribution in [1.82, 2.24) is 4.90 Å². The second-order valence-electron chi connectivity index (χ2n) is 4.01. The van der Waals surface area contributed by atoms with Crippen LogP contribution in [0.3, 0.4) is 0 Å². The summed E-state index contributed by atoms with van der Waals surface area (Å²) >= 11 is 0. The highest BCUT2D eigenvalue weighted by Gasteiger charge is 2.36. The van der Waals surface area contributed by atoms with Crippen LogP contribution in [0.2, 0.25) is 0 Å². The molecule has 1 aliphatic heterocycles. The van der Waals surface area contributed by atoms with Crippen molar-refractivity contribution in [1.29, 1.82) is 0 Å². The molecule has 0 aliphatic carbocycles. The molecule has 0 aromatic rings. The summed E-state index contributed by atoms with van der Waals surface area (Å²) in [6.07, 6.45) is 1.76. The summed E-state index contributed by atoms with van der Waals surface area (Å²) in [6, 6.07) is 0. The second kappa shape index (κ2) is 2.52. The third-order valence-corrected chi connectivity index (χ3v) is 2.11. The number of likely N-dealkylation sites (tertiary alicyclic amines) is 1. The highest BCUT2D eigenvalue weighted by atomic mass is 16.3. The van der Waals surface area contributed by atoms with Crippen molar-refractivity contribution in [2.45, 2.75) is 39.3 Å². The van der Waals surface area contributed by atoms with E-state index in [1.165, 1.54) is 0 Å². The standard InChI is InChI=1S/C9H17NO/c1-5-7-8(11)6-10(7)9(2,3)4/h5,8,11H,6H2,1-4H3/b7-5+. The Balaban J connectivity index is 2.67. The normalized spacial score (nSPS) is 29.0. The van der Waals surface area contributed by atoms with E-state index in [1.54, 1.807) is 0 Å². The van der Waals surface area contributed by atoms with E-state index >= 15 is 0 Å². The van der Waals surface area contributed by atoms with Gasteiger partial charge in [-0.2, -0.15) is 0 Å². The quantitative estimate of drug-likeness (QED) is 0.571. The number of allylic oxidation sites excluding steroid dienone is 1. The van der Waals surface area contributed by atoms with Crippen LogP contribution in [0.4, 0.5) is 0 Å². The van der Waals surface area contributed by atoms with Crippen LogP contribution < -0.4 is 0 Å². The van der Waals surface area contributed by atoms with Crippen LogP contribution in [-0.4, -0.2) is 28.2 Å². The largest absolute Gasteiger partial charge is 0.385 e. The molecule has 64 valence electrons. The number of aliphatic hydroxyl groups excluding tert-OH is 1. The van der Waals surface area contributed by atoms with E-state index in [-0.39, 0.29) is 11.6 Å². The number of β-amino-alcohol motifs (C(OH)–C–C–N with tert-alkyl or cyclic N) is 1. The minimum absolute atomic E-state index is 0.154. The minimum Gasteiger partial charge on any atom is -0.385 e. The van der Waals surface area contributed by atoms with Gasteiger partial charge in [0.25, 0.3) is 0 Å². The first-order valence-electron chi connectivity index (χ1n) is 4.08. The number of rotatable bonds is 0. The third-order valence-electron chi connectivity index (χ3n) is 2.11. The fourth-order valence-electron chi connectivity index (χ4n) is 1.45. The number of hydrogen-bond acceptors (Lipinski definition) is 2. The third kappa shape index (κ3) is 1.41. The van der Waals surface area contributed by atoms with Crippen LogP contribution in [0.1, 0.15) is 27.7 Å². The van der Waals surface area contributed by atoms with Gasteiger partial charge in [-0.25, -0.2) is 0 Å². The van der Waals surface area contributed by atoms with Crippen molar-refractivity contribution in [2.75, 3.05) is 6.54 Å². The van der Waals surface area contributed by atoms with Gasteiger partial charge in [0, 0.05) is 17.8 Å². The molecule has 1 atom stereocenters. The Labute approximate surface area is 68.5 Å². The summed E-state index contributed by atoms with van der Waals surface area (Å²) in [5.41, 5.74) is 1.22. The van der Waals surface area contributed by atoms with Crippen molar-refractivity contribution >= 4 is 0 Å². The second-order valence-corrected chi connectivity index (χ2v) is 4.01. The molecule has 11 heavy (non-hydrogen) atoms. The fraction of sp³-hybridized carbons (Fsp3) is 0.778. The topological polar surface area (TPSA) is 23.5 Å². The summed E-state index contributed by atoms with van der Waals surface area (Å²) in [6.45, 7) is 9.22. The van der Waals surface area contributed by atoms with Crippen LogP contribution in [-0.2, 0) is 0 Å². The van der Waals surface area contributed by atoms with Gasteiger partial charge in [-0.1, -0.05) is 6.08 Å². The monoisotopic (exact) mass is 155 g/mol. The Morgan fingerprint density at radius 2 is 2.09 bits per heavy atom. The molecule has 1 fully saturated rings. The molecule has 1 aliphatic rings. The first-order valence-corrected chi connectivity index (χ1v) is 4.08. The molecule has 1 saturated heterocycles. The Morgan fingerprint density at radius 3 is 2.27 bits per heavy atom. The number of nitrogens with zero attached hydrogens (tertiary/aromatic N) is 1. The molecule has 0 radical (unpaired) electrons. The maximum atomic E-state index is 9.33. The predicted molar refractivity (Wildman–Crippen MR) is 46.2 cm³/mol. The van der Waals surface area contributed by atoms with E-state index in [2.05, 4.69) is 25.7 Å². The van der Waals surface area contributed by atoms with Crippen LogP contribution in [0.15, 0.2) is 11.8 Å². The van der Waals surface area contributed by atoms with Gasteiger partial charge in [-0.3, -0.25) is 0 Å². The summed E-state index contributed by atoms with van der Waals surface area (Å²) in [5, 5.41) is 9.33. The molecule has 1 rings (SSSR count). The SMILES string of the molecule is C/C=C1\C(O)CN1C(C)(C)C. The van der Waals surface area contributed by atoms with Gasteiger partial charge in [-0.15, -0.1) is 0 Å². The van der Waals surface area contributed by atoms with Crippen molar-refractivity contribution < 1.29 is 5.11 Å². The predicted octanol–water partition coefficient (Wildman–Crippen LogP) is 1.37. The van der Waals surface area contributed by atoms with Crippen LogP contribution in [0, 0.1) is 0 Å². The first kappa shape index (κ1) is 8.60. The fourth-order valence-corrected chi connectivity index (χ4v) is 1.45. The highest BCUT2D eigenvalue weighted by molar-refractivity contribution is 5.18. The molecule has 2 nitrogen and oxygen atoms in total. The Bertz CT molecular complexity index is 178. The summed E-state index contributed by atoms with van der Waals surface area (Å²) in [7, 11) is 0. The zero-order valence-corrected chi connectivity index (χ0v) is 7.76. The highest BCUT2D eigenvalue weighted by Crippen LogP contribution is 2.30. The summed E-state index contributed by atoms with van der Waals surface area (Å²) < 4.78 is 0. The van der Waals surface area contributed by atoms with Gasteiger partial charge in [0.05, 0.1) is 0 Å². The van der Waals surface area contributed by atoms with Crippen molar-refractivity contribution in [3.63, 3.8) is 0 Å². The number of aliphatic hydroxyl groups is 1. The van der Waals surface area contributed by atoms with E-state index in [1.807, 2.05) is 13.0 Å². The molecular weight excluding hydrogens is 138 g/mol. The molecule has 0 saturated carbocycles. The molecule has 1 unspecified atom stereocenters. The number of hydrogen-bond donors (Lipinski definition) is 1. The van der Waals surface area contributed by atoms with E-state index in [4.69, 9.17) is 0 Å². The zero-order chi connectivity index (χ0) is 8.65. The van der Waals surface area contributed by atoms with Crippen molar-refractivity contribution in [3.8, 4) is 0 Å². The molecule has 0 aromatic carbocycles. The molecule has 1 N–H and O–H groups in total. The lowest BCUT2D eigenvalue weighted by molar-refractivity contribution is 0.00460. The Kier molecular flexibility index (Phi) is 1.97. The minimum atomic E-state index is -0.223. The summed E-state index contributed by atoms with van der Waals surface area (Å²) in [4.78, 5) is 2.22. The average molecular weight is 155 g/mol. The van der Waals surface area contributed by atoms with E-state index in [0.717, 1.165) is 12.2 Å². The smallest absolute Gasteiger partial charge is 0.111 e. The van der Waals surface area contributed by atoms with Crippen LogP contribution in [0.5, 0.6) is 0 Å². The van der Waals surface area contributed by atoms with Crippen LogP contribution in [0.25, 0.3) is 0 Å². The lowest BCUT2D eigenvalue weighted by Gasteiger charge is -2.49. The molecular formula is C9H17NO. The maximum absolute atomic E-state index is 9.33. The van der Waals surface area contributed by atoms with Gasteiger partial charge in [0.2, 0.25) is 0 Å². The first-order chi connectivity index (χ1) is 4.96. The molecule has 1 heterocycles. The van der Waals surface area contributed by atoms with Gasteiger partial charge in [0.1, 0.15) is 6.10 Å². The van der Waals surface area contributed by atoms with Gasteiger partial charge in [0.15, 0.2) is 0 Å². The van der Waals surface area contributed by atoms with Gasteiger partial charge in [-0.05, 0) is 27.7 Å². The molecule has 0 spiro atoms. The van der Waals surface area contributed by atoms with E-state index in [9.17, 15) is 5.11 Å². The molecule has 0 amide bonds. The van der Waals surface area contributed by atoms with Crippen LogP contribution >= 0.6 is 0 Å². The lowest BCUT2D eigenvalue weighted by atomic mass is 9.95.